The molecule has 4 heteroatoms. The largest absolute Gasteiger partial charge is 0.439 e. The lowest BCUT2D eigenvalue weighted by atomic mass is 10.1. The van der Waals surface area contributed by atoms with Gasteiger partial charge in [0.05, 0.1) is 0 Å². The first-order chi connectivity index (χ1) is 9.78. The van der Waals surface area contributed by atoms with Gasteiger partial charge < -0.3 is 4.74 Å². The topological polar surface area (TPSA) is 35.0 Å². The maximum absolute atomic E-state index is 6.05. The van der Waals surface area contributed by atoms with Crippen LogP contribution in [0.15, 0.2) is 24.3 Å². The molecule has 20 heavy (non-hydrogen) atoms. The Morgan fingerprint density at radius 2 is 1.90 bits per heavy atom. The molecule has 2 aromatic rings. The van der Waals surface area contributed by atoms with E-state index in [0.29, 0.717) is 17.0 Å². The number of fused-ring (bicyclic) bond motifs is 1. The van der Waals surface area contributed by atoms with Crippen LogP contribution >= 0.6 is 11.6 Å². The number of halogens is 1. The van der Waals surface area contributed by atoms with Gasteiger partial charge >= 0.3 is 0 Å². The summed E-state index contributed by atoms with van der Waals surface area (Å²) in [5.74, 6) is 2.66. The van der Waals surface area contributed by atoms with E-state index in [9.17, 15) is 0 Å². The average Bonchev–Trinajstić information content (AvgIpc) is 3.17. The van der Waals surface area contributed by atoms with Crippen LogP contribution in [-0.2, 0) is 12.8 Å². The normalized spacial score (nSPS) is 17.1. The van der Waals surface area contributed by atoms with Gasteiger partial charge in [-0.1, -0.05) is 17.7 Å². The molecule has 0 saturated heterocycles. The number of nitrogens with zero attached hydrogens (tertiary/aromatic N) is 2. The van der Waals surface area contributed by atoms with Gasteiger partial charge in [-0.15, -0.1) is 0 Å². The van der Waals surface area contributed by atoms with E-state index >= 15 is 0 Å². The molecule has 0 radical (unpaired) electrons. The van der Waals surface area contributed by atoms with Crippen LogP contribution in [0.1, 0.15) is 42.1 Å². The van der Waals surface area contributed by atoms with Gasteiger partial charge in [-0.25, -0.2) is 4.98 Å². The number of hydrogen-bond donors (Lipinski definition) is 0. The standard InChI is InChI=1S/C16H15ClN2O/c17-14-9-15(19-16(18-14)11-4-5-11)20-13-7-6-10-2-1-3-12(10)8-13/h6-9,11H,1-5H2. The van der Waals surface area contributed by atoms with Crippen molar-refractivity contribution in [2.24, 2.45) is 0 Å². The summed E-state index contributed by atoms with van der Waals surface area (Å²) in [5.41, 5.74) is 2.84. The molecule has 0 atom stereocenters. The van der Waals surface area contributed by atoms with Gasteiger partial charge in [0, 0.05) is 12.0 Å². The Balaban J connectivity index is 1.62. The van der Waals surface area contributed by atoms with Crippen molar-refractivity contribution in [3.63, 3.8) is 0 Å². The second kappa shape index (κ2) is 4.74. The van der Waals surface area contributed by atoms with Crippen molar-refractivity contribution >= 4 is 11.6 Å². The Bertz CT molecular complexity index is 668. The summed E-state index contributed by atoms with van der Waals surface area (Å²) in [5, 5.41) is 0.457. The molecule has 1 fully saturated rings. The van der Waals surface area contributed by atoms with Gasteiger partial charge in [0.1, 0.15) is 16.7 Å². The third-order valence-corrected chi connectivity index (χ3v) is 4.12. The van der Waals surface area contributed by atoms with Crippen molar-refractivity contribution in [3.05, 3.63) is 46.4 Å². The van der Waals surface area contributed by atoms with E-state index in [1.54, 1.807) is 6.07 Å². The van der Waals surface area contributed by atoms with Crippen molar-refractivity contribution in [3.8, 4) is 11.6 Å². The summed E-state index contributed by atoms with van der Waals surface area (Å²) in [6, 6.07) is 7.97. The first-order valence-corrected chi connectivity index (χ1v) is 7.50. The lowest BCUT2D eigenvalue weighted by Crippen LogP contribution is -1.96. The number of benzene rings is 1. The molecular formula is C16H15ClN2O. The van der Waals surface area contributed by atoms with Crippen LogP contribution in [0.3, 0.4) is 0 Å². The number of ether oxygens (including phenoxy) is 1. The number of hydrogen-bond acceptors (Lipinski definition) is 3. The van der Waals surface area contributed by atoms with Gasteiger partial charge in [0.2, 0.25) is 5.88 Å². The Hall–Kier alpha value is -1.61. The minimum atomic E-state index is 0.457. The molecule has 0 bridgehead atoms. The van der Waals surface area contributed by atoms with Crippen LogP contribution < -0.4 is 4.74 Å². The summed E-state index contributed by atoms with van der Waals surface area (Å²) in [4.78, 5) is 8.74. The first kappa shape index (κ1) is 12.2. The van der Waals surface area contributed by atoms with Gasteiger partial charge in [0.15, 0.2) is 0 Å². The Labute approximate surface area is 123 Å². The monoisotopic (exact) mass is 286 g/mol. The van der Waals surface area contributed by atoms with E-state index in [4.69, 9.17) is 16.3 Å². The predicted octanol–water partition coefficient (Wildman–Crippen LogP) is 4.29. The zero-order valence-corrected chi connectivity index (χ0v) is 11.9. The highest BCUT2D eigenvalue weighted by Crippen LogP contribution is 2.39. The highest BCUT2D eigenvalue weighted by molar-refractivity contribution is 6.29. The molecule has 0 amide bonds. The van der Waals surface area contributed by atoms with E-state index < -0.39 is 0 Å². The van der Waals surface area contributed by atoms with Gasteiger partial charge in [-0.2, -0.15) is 4.98 Å². The SMILES string of the molecule is Clc1cc(Oc2ccc3c(c2)CCC3)nc(C2CC2)n1. The molecule has 3 nitrogen and oxygen atoms in total. The molecule has 1 heterocycles. The van der Waals surface area contributed by atoms with Crippen molar-refractivity contribution in [1.29, 1.82) is 0 Å². The number of aryl methyl sites for hydroxylation is 2. The Morgan fingerprint density at radius 3 is 2.75 bits per heavy atom. The highest BCUT2D eigenvalue weighted by atomic mass is 35.5. The lowest BCUT2D eigenvalue weighted by molar-refractivity contribution is 0.458. The summed E-state index contributed by atoms with van der Waals surface area (Å²) >= 11 is 6.05. The van der Waals surface area contributed by atoms with Crippen LogP contribution in [0.2, 0.25) is 5.15 Å². The van der Waals surface area contributed by atoms with E-state index in [0.717, 1.165) is 30.8 Å². The number of rotatable bonds is 3. The highest BCUT2D eigenvalue weighted by Gasteiger charge is 2.27. The second-order valence-electron chi connectivity index (χ2n) is 5.55. The quantitative estimate of drug-likeness (QED) is 0.790. The number of aromatic nitrogens is 2. The van der Waals surface area contributed by atoms with Gasteiger partial charge in [-0.3, -0.25) is 0 Å². The fourth-order valence-corrected chi connectivity index (χ4v) is 2.90. The lowest BCUT2D eigenvalue weighted by Gasteiger charge is -2.08. The van der Waals surface area contributed by atoms with Crippen LogP contribution in [0.5, 0.6) is 11.6 Å². The Morgan fingerprint density at radius 1 is 1.05 bits per heavy atom. The summed E-state index contributed by atoms with van der Waals surface area (Å²) in [7, 11) is 0. The van der Waals surface area contributed by atoms with Crippen molar-refractivity contribution in [2.45, 2.75) is 38.0 Å². The third-order valence-electron chi connectivity index (χ3n) is 3.92. The van der Waals surface area contributed by atoms with Gasteiger partial charge in [0.25, 0.3) is 0 Å². The molecule has 1 aromatic heterocycles. The fraction of sp³-hybridized carbons (Fsp3) is 0.375. The molecule has 4 rings (SSSR count). The molecule has 0 aliphatic heterocycles. The molecule has 0 spiro atoms. The molecule has 2 aliphatic carbocycles. The molecule has 0 N–H and O–H groups in total. The smallest absolute Gasteiger partial charge is 0.224 e. The van der Waals surface area contributed by atoms with E-state index in [1.165, 1.54) is 24.0 Å². The minimum Gasteiger partial charge on any atom is -0.439 e. The van der Waals surface area contributed by atoms with Crippen LogP contribution in [0.4, 0.5) is 0 Å². The zero-order valence-electron chi connectivity index (χ0n) is 11.1. The van der Waals surface area contributed by atoms with Crippen LogP contribution in [0, 0.1) is 0 Å². The summed E-state index contributed by atoms with van der Waals surface area (Å²) in [6.07, 6.45) is 5.87. The van der Waals surface area contributed by atoms with E-state index in [2.05, 4.69) is 22.1 Å². The average molecular weight is 287 g/mol. The van der Waals surface area contributed by atoms with Crippen molar-refractivity contribution in [1.82, 2.24) is 9.97 Å². The summed E-state index contributed by atoms with van der Waals surface area (Å²) < 4.78 is 5.87. The maximum Gasteiger partial charge on any atom is 0.224 e. The molecule has 102 valence electrons. The van der Waals surface area contributed by atoms with Crippen molar-refractivity contribution in [2.75, 3.05) is 0 Å². The summed E-state index contributed by atoms with van der Waals surface area (Å²) in [6.45, 7) is 0. The molecular weight excluding hydrogens is 272 g/mol. The maximum atomic E-state index is 6.05. The molecule has 2 aliphatic rings. The van der Waals surface area contributed by atoms with Crippen LogP contribution in [0.25, 0.3) is 0 Å². The predicted molar refractivity (Wildman–Crippen MR) is 77.6 cm³/mol. The third kappa shape index (κ3) is 2.38. The molecule has 1 aromatic carbocycles. The minimum absolute atomic E-state index is 0.457. The van der Waals surface area contributed by atoms with Crippen LogP contribution in [-0.4, -0.2) is 9.97 Å². The zero-order chi connectivity index (χ0) is 13.5. The molecule has 1 saturated carbocycles. The second-order valence-corrected chi connectivity index (χ2v) is 5.93. The van der Waals surface area contributed by atoms with Crippen molar-refractivity contribution < 1.29 is 4.74 Å². The molecule has 0 unspecified atom stereocenters. The van der Waals surface area contributed by atoms with E-state index in [-0.39, 0.29) is 0 Å². The van der Waals surface area contributed by atoms with Gasteiger partial charge in [-0.05, 0) is 55.4 Å². The van der Waals surface area contributed by atoms with E-state index in [1.807, 2.05) is 6.07 Å². The Kier molecular flexibility index (Phi) is 2.88. The fourth-order valence-electron chi connectivity index (χ4n) is 2.72. The first-order valence-electron chi connectivity index (χ1n) is 7.12.